The van der Waals surface area contributed by atoms with Gasteiger partial charge in [-0.2, -0.15) is 0 Å². The second-order valence-electron chi connectivity index (χ2n) is 8.75. The maximum Gasteiger partial charge on any atom is 0.293 e. The number of nitrogens with one attached hydrogen (secondary N) is 1. The van der Waals surface area contributed by atoms with Gasteiger partial charge in [-0.05, 0) is 72.6 Å². The molecule has 3 aromatic carbocycles. The number of para-hydroxylation sites is 1. The third-order valence-electron chi connectivity index (χ3n) is 6.23. The standard InChI is InChI=1S/C28H24BrN3O7S/c1-16-17(2)21(10-9-20(16)29)30-26(33)15-39-23-11-8-18(12-24(23)38-3)13-25-27(34)31(28(35)40-25)14-19-6-4-5-7-22(19)32(36)37/h4-13H,14-15H2,1-3H3,(H,30,33)/b25-13-. The average Bonchev–Trinajstić information content (AvgIpc) is 3.19. The molecule has 0 radical (unpaired) electrons. The van der Waals surface area contributed by atoms with E-state index in [-0.39, 0.29) is 35.2 Å². The molecule has 1 heterocycles. The molecule has 3 amide bonds. The summed E-state index contributed by atoms with van der Waals surface area (Å²) in [7, 11) is 1.45. The minimum atomic E-state index is -0.553. The number of hydrogen-bond acceptors (Lipinski definition) is 8. The van der Waals surface area contributed by atoms with Crippen molar-refractivity contribution in [3.8, 4) is 11.5 Å². The van der Waals surface area contributed by atoms with Crippen LogP contribution in [-0.4, -0.2) is 40.6 Å². The number of halogens is 1. The van der Waals surface area contributed by atoms with Crippen LogP contribution in [0, 0.1) is 24.0 Å². The molecular formula is C28H24BrN3O7S. The molecule has 4 rings (SSSR count). The van der Waals surface area contributed by atoms with Gasteiger partial charge in [0, 0.05) is 21.8 Å². The Morgan fingerprint density at radius 2 is 1.85 bits per heavy atom. The van der Waals surface area contributed by atoms with E-state index in [4.69, 9.17) is 9.47 Å². The van der Waals surface area contributed by atoms with Crippen molar-refractivity contribution in [3.63, 3.8) is 0 Å². The van der Waals surface area contributed by atoms with E-state index >= 15 is 0 Å². The first-order chi connectivity index (χ1) is 19.1. The highest BCUT2D eigenvalue weighted by Crippen LogP contribution is 2.36. The van der Waals surface area contributed by atoms with Crippen LogP contribution in [0.2, 0.25) is 0 Å². The van der Waals surface area contributed by atoms with Gasteiger partial charge in [-0.25, -0.2) is 0 Å². The first kappa shape index (κ1) is 28.8. The van der Waals surface area contributed by atoms with Crippen molar-refractivity contribution in [2.24, 2.45) is 0 Å². The molecule has 1 fully saturated rings. The number of amides is 3. The van der Waals surface area contributed by atoms with Crippen molar-refractivity contribution in [2.75, 3.05) is 19.0 Å². The predicted octanol–water partition coefficient (Wildman–Crippen LogP) is 6.24. The largest absolute Gasteiger partial charge is 0.493 e. The SMILES string of the molecule is COc1cc(/C=C2\SC(=O)N(Cc3ccccc3[N+](=O)[O-])C2=O)ccc1OCC(=O)Nc1ccc(Br)c(C)c1C. The van der Waals surface area contributed by atoms with Crippen LogP contribution in [0.1, 0.15) is 22.3 Å². The highest BCUT2D eigenvalue weighted by molar-refractivity contribution is 9.10. The lowest BCUT2D eigenvalue weighted by molar-refractivity contribution is -0.385. The summed E-state index contributed by atoms with van der Waals surface area (Å²) < 4.78 is 12.0. The quantitative estimate of drug-likeness (QED) is 0.168. The summed E-state index contributed by atoms with van der Waals surface area (Å²) in [4.78, 5) is 49.9. The molecule has 40 heavy (non-hydrogen) atoms. The van der Waals surface area contributed by atoms with E-state index in [9.17, 15) is 24.5 Å². The van der Waals surface area contributed by atoms with E-state index in [0.29, 0.717) is 22.7 Å². The van der Waals surface area contributed by atoms with E-state index in [1.807, 2.05) is 26.0 Å². The molecule has 0 spiro atoms. The second-order valence-corrected chi connectivity index (χ2v) is 10.6. The second kappa shape index (κ2) is 12.3. The number of anilines is 1. The summed E-state index contributed by atoms with van der Waals surface area (Å²) in [6.45, 7) is 3.40. The number of nitrogens with zero attached hydrogens (tertiary/aromatic N) is 2. The van der Waals surface area contributed by atoms with Crippen LogP contribution in [0.15, 0.2) is 64.0 Å². The van der Waals surface area contributed by atoms with Gasteiger partial charge in [-0.1, -0.05) is 40.2 Å². The van der Waals surface area contributed by atoms with E-state index < -0.39 is 16.1 Å². The molecule has 12 heteroatoms. The van der Waals surface area contributed by atoms with E-state index in [1.165, 1.54) is 31.4 Å². The van der Waals surface area contributed by atoms with Crippen LogP contribution in [-0.2, 0) is 16.1 Å². The Morgan fingerprint density at radius 1 is 1.10 bits per heavy atom. The van der Waals surface area contributed by atoms with Crippen LogP contribution in [0.25, 0.3) is 6.08 Å². The first-order valence-corrected chi connectivity index (χ1v) is 13.5. The molecule has 0 aromatic heterocycles. The fourth-order valence-electron chi connectivity index (χ4n) is 3.93. The van der Waals surface area contributed by atoms with Gasteiger partial charge in [0.05, 0.1) is 23.5 Å². The van der Waals surface area contributed by atoms with Crippen LogP contribution < -0.4 is 14.8 Å². The minimum absolute atomic E-state index is 0.165. The number of imide groups is 1. The number of nitro benzene ring substituents is 1. The number of hydrogen-bond donors (Lipinski definition) is 1. The zero-order valence-electron chi connectivity index (χ0n) is 21.7. The van der Waals surface area contributed by atoms with E-state index in [0.717, 1.165) is 32.3 Å². The lowest BCUT2D eigenvalue weighted by Gasteiger charge is -2.14. The summed E-state index contributed by atoms with van der Waals surface area (Å²) in [6.07, 6.45) is 1.53. The zero-order valence-corrected chi connectivity index (χ0v) is 24.1. The summed E-state index contributed by atoms with van der Waals surface area (Å²) in [6, 6.07) is 14.5. The molecule has 3 aromatic rings. The van der Waals surface area contributed by atoms with Crippen LogP contribution in [0.4, 0.5) is 16.2 Å². The van der Waals surface area contributed by atoms with Gasteiger partial charge in [0.2, 0.25) is 0 Å². The third-order valence-corrected chi connectivity index (χ3v) is 8.00. The smallest absolute Gasteiger partial charge is 0.293 e. The molecule has 0 bridgehead atoms. The molecule has 1 N–H and O–H groups in total. The number of methoxy groups -OCH3 is 1. The third kappa shape index (κ3) is 6.35. The van der Waals surface area contributed by atoms with E-state index in [2.05, 4.69) is 21.2 Å². The Morgan fingerprint density at radius 3 is 2.58 bits per heavy atom. The molecule has 0 unspecified atom stereocenters. The molecule has 10 nitrogen and oxygen atoms in total. The molecule has 206 valence electrons. The van der Waals surface area contributed by atoms with Crippen LogP contribution in [0.5, 0.6) is 11.5 Å². The fraction of sp³-hybridized carbons (Fsp3) is 0.179. The van der Waals surface area contributed by atoms with Crippen molar-refractivity contribution in [2.45, 2.75) is 20.4 Å². The van der Waals surface area contributed by atoms with Gasteiger partial charge in [0.1, 0.15) is 0 Å². The minimum Gasteiger partial charge on any atom is -0.493 e. The number of nitro groups is 1. The monoisotopic (exact) mass is 625 g/mol. The van der Waals surface area contributed by atoms with Crippen molar-refractivity contribution < 1.29 is 28.8 Å². The van der Waals surface area contributed by atoms with Crippen LogP contribution >= 0.6 is 27.7 Å². The lowest BCUT2D eigenvalue weighted by atomic mass is 10.1. The van der Waals surface area contributed by atoms with Crippen molar-refractivity contribution in [1.82, 2.24) is 4.90 Å². The summed E-state index contributed by atoms with van der Waals surface area (Å²) >= 11 is 4.22. The fourth-order valence-corrected chi connectivity index (χ4v) is 5.19. The predicted molar refractivity (Wildman–Crippen MR) is 155 cm³/mol. The lowest BCUT2D eigenvalue weighted by Crippen LogP contribution is -2.27. The van der Waals surface area contributed by atoms with Crippen molar-refractivity contribution in [3.05, 3.63) is 96.3 Å². The molecule has 1 aliphatic heterocycles. The number of benzene rings is 3. The van der Waals surface area contributed by atoms with Gasteiger partial charge in [-0.15, -0.1) is 0 Å². The summed E-state index contributed by atoms with van der Waals surface area (Å²) in [5.41, 5.74) is 3.31. The normalized spacial score (nSPS) is 14.0. The van der Waals surface area contributed by atoms with Gasteiger partial charge >= 0.3 is 0 Å². The molecule has 1 saturated heterocycles. The number of thioether (sulfide) groups is 1. The number of carbonyl (C=O) groups is 3. The molecule has 1 aliphatic rings. The molecule has 0 saturated carbocycles. The summed E-state index contributed by atoms with van der Waals surface area (Å²) in [5.74, 6) is -0.245. The van der Waals surface area contributed by atoms with Gasteiger partial charge in [0.25, 0.3) is 22.7 Å². The van der Waals surface area contributed by atoms with Gasteiger partial charge in [-0.3, -0.25) is 29.4 Å². The maximum atomic E-state index is 13.0. The van der Waals surface area contributed by atoms with E-state index in [1.54, 1.807) is 24.3 Å². The van der Waals surface area contributed by atoms with Crippen molar-refractivity contribution in [1.29, 1.82) is 0 Å². The molecule has 0 atom stereocenters. The Labute approximate surface area is 242 Å². The molecule has 0 aliphatic carbocycles. The van der Waals surface area contributed by atoms with Gasteiger partial charge in [0.15, 0.2) is 18.1 Å². The Hall–Kier alpha value is -4.16. The summed E-state index contributed by atoms with van der Waals surface area (Å²) in [5, 5.41) is 13.6. The molecular weight excluding hydrogens is 602 g/mol. The number of carbonyl (C=O) groups excluding carboxylic acids is 3. The topological polar surface area (TPSA) is 128 Å². The highest BCUT2D eigenvalue weighted by atomic mass is 79.9. The number of ether oxygens (including phenoxy) is 2. The van der Waals surface area contributed by atoms with Crippen LogP contribution in [0.3, 0.4) is 0 Å². The Bertz CT molecular complexity index is 1560. The first-order valence-electron chi connectivity index (χ1n) is 11.9. The number of rotatable bonds is 9. The van der Waals surface area contributed by atoms with Gasteiger partial charge < -0.3 is 14.8 Å². The maximum absolute atomic E-state index is 13.0. The highest BCUT2D eigenvalue weighted by Gasteiger charge is 2.36. The van der Waals surface area contributed by atoms with Crippen molar-refractivity contribution >= 4 is 62.2 Å². The Kier molecular flexibility index (Phi) is 8.90. The zero-order chi connectivity index (χ0) is 29.0. The Balaban J connectivity index is 1.44. The average molecular weight is 626 g/mol.